The average molecular weight is 656 g/mol. The second-order valence-corrected chi connectivity index (χ2v) is 12.8. The first-order chi connectivity index (χ1) is 23.1. The van der Waals surface area contributed by atoms with E-state index in [9.17, 15) is 19.5 Å². The van der Waals surface area contributed by atoms with Crippen molar-refractivity contribution in [1.82, 2.24) is 14.4 Å². The number of likely N-dealkylation sites (tertiary alicyclic amines) is 2. The van der Waals surface area contributed by atoms with Gasteiger partial charge in [0.2, 0.25) is 0 Å². The number of aromatic nitrogens is 1. The molecule has 10 nitrogen and oxygen atoms in total. The molecule has 2 aliphatic heterocycles. The van der Waals surface area contributed by atoms with Crippen molar-refractivity contribution in [3.8, 4) is 5.75 Å². The lowest BCUT2D eigenvalue weighted by atomic mass is 9.88. The Morgan fingerprint density at radius 1 is 0.854 bits per heavy atom. The highest BCUT2D eigenvalue weighted by atomic mass is 16.5. The quantitative estimate of drug-likeness (QED) is 0.179. The molecule has 254 valence electrons. The maximum atomic E-state index is 13.3. The monoisotopic (exact) mass is 655 g/mol. The highest BCUT2D eigenvalue weighted by Crippen LogP contribution is 2.33. The van der Waals surface area contributed by atoms with E-state index in [1.54, 1.807) is 0 Å². The van der Waals surface area contributed by atoms with Crippen molar-refractivity contribution in [2.24, 2.45) is 0 Å². The number of rotatable bonds is 10. The van der Waals surface area contributed by atoms with E-state index in [1.807, 2.05) is 23.1 Å². The van der Waals surface area contributed by atoms with Crippen LogP contribution in [0.5, 0.6) is 5.75 Å². The fraction of sp³-hybridized carbons (Fsp3) is 0.395. The standard InChI is InChI=1S/C34H41N3O3.C4H4O4/c1-24(2)37-31-10-7-11-33(30(31)21-32(37)34(39)36-16-5-6-17-36)40-23-29(38)22-35-18-14-26(15-19-35)28-13-12-25-8-3-4-9-27(25)20-28;5-3(6)1-2-4(7)8/h3-4,7-13,20-21,24,26,29,38H,5-6,14-19,22-23H2,1-2H3;1-2H,(H,5,6)(H,7,8)/b;2-1-/t29-;/m0./s1. The summed E-state index contributed by atoms with van der Waals surface area (Å²) in [5, 5.41) is 30.0. The normalized spacial score (nSPS) is 16.4. The molecule has 3 aromatic carbocycles. The van der Waals surface area contributed by atoms with Gasteiger partial charge in [-0.25, -0.2) is 9.59 Å². The Balaban J connectivity index is 0.000000503. The van der Waals surface area contributed by atoms with Gasteiger partial charge in [0.25, 0.3) is 5.91 Å². The van der Waals surface area contributed by atoms with E-state index in [0.717, 1.165) is 74.2 Å². The summed E-state index contributed by atoms with van der Waals surface area (Å²) in [4.78, 5) is 36.8. The number of piperidine rings is 1. The van der Waals surface area contributed by atoms with Gasteiger partial charge < -0.3 is 34.4 Å². The largest absolute Gasteiger partial charge is 0.490 e. The van der Waals surface area contributed by atoms with Crippen LogP contribution >= 0.6 is 0 Å². The first-order valence-corrected chi connectivity index (χ1v) is 16.7. The molecule has 1 aromatic heterocycles. The Morgan fingerprint density at radius 3 is 2.17 bits per heavy atom. The van der Waals surface area contributed by atoms with Crippen molar-refractivity contribution in [3.05, 3.63) is 90.1 Å². The third-order valence-corrected chi connectivity index (χ3v) is 9.07. The summed E-state index contributed by atoms with van der Waals surface area (Å²) in [6.45, 7) is 8.66. The number of β-amino-alcohol motifs (C(OH)–C–C–N with tert-alkyl or cyclic N) is 1. The number of aliphatic carboxylic acids is 2. The van der Waals surface area contributed by atoms with Crippen LogP contribution in [0.4, 0.5) is 0 Å². The van der Waals surface area contributed by atoms with Crippen LogP contribution in [0.3, 0.4) is 0 Å². The van der Waals surface area contributed by atoms with Crippen LogP contribution in [0.25, 0.3) is 21.7 Å². The molecule has 10 heteroatoms. The first-order valence-electron chi connectivity index (χ1n) is 16.7. The number of carboxylic acids is 2. The summed E-state index contributed by atoms with van der Waals surface area (Å²) in [5.41, 5.74) is 3.14. The average Bonchev–Trinajstić information content (AvgIpc) is 3.76. The van der Waals surface area contributed by atoms with Crippen molar-refractivity contribution in [2.45, 2.75) is 57.6 Å². The minimum absolute atomic E-state index is 0.0977. The van der Waals surface area contributed by atoms with Gasteiger partial charge in [-0.2, -0.15) is 0 Å². The number of amides is 1. The predicted octanol–water partition coefficient (Wildman–Crippen LogP) is 5.94. The second kappa shape index (κ2) is 16.0. The molecule has 1 atom stereocenters. The highest BCUT2D eigenvalue weighted by Gasteiger charge is 2.26. The molecule has 4 aromatic rings. The minimum atomic E-state index is -1.26. The lowest BCUT2D eigenvalue weighted by molar-refractivity contribution is -0.134. The summed E-state index contributed by atoms with van der Waals surface area (Å²) in [5.74, 6) is -1.13. The zero-order chi connectivity index (χ0) is 34.2. The number of carbonyl (C=O) groups excluding carboxylic acids is 1. The number of carbonyl (C=O) groups is 3. The van der Waals surface area contributed by atoms with E-state index < -0.39 is 18.0 Å². The number of fused-ring (bicyclic) bond motifs is 2. The van der Waals surface area contributed by atoms with Gasteiger partial charge in [-0.3, -0.25) is 4.79 Å². The van der Waals surface area contributed by atoms with Gasteiger partial charge in [0.05, 0.1) is 5.52 Å². The smallest absolute Gasteiger partial charge is 0.328 e. The number of aliphatic hydroxyl groups excluding tert-OH is 1. The van der Waals surface area contributed by atoms with Crippen LogP contribution in [-0.4, -0.2) is 93.0 Å². The van der Waals surface area contributed by atoms with Gasteiger partial charge in [0.15, 0.2) is 0 Å². The summed E-state index contributed by atoms with van der Waals surface area (Å²) in [6, 6.07) is 23.5. The number of ether oxygens (including phenoxy) is 1. The van der Waals surface area contributed by atoms with Crippen LogP contribution in [0.15, 0.2) is 78.9 Å². The zero-order valence-electron chi connectivity index (χ0n) is 27.6. The molecule has 3 heterocycles. The van der Waals surface area contributed by atoms with Crippen LogP contribution in [0, 0.1) is 0 Å². The Bertz CT molecular complexity index is 1750. The SMILES string of the molecule is CC(C)n1c(C(=O)N2CCCC2)cc2c(OC[C@@H](O)CN3CCC(c4ccc5ccccc5c4)CC3)cccc21.O=C(O)/C=C\C(=O)O. The third kappa shape index (κ3) is 8.62. The minimum Gasteiger partial charge on any atom is -0.490 e. The van der Waals surface area contributed by atoms with E-state index in [4.69, 9.17) is 14.9 Å². The van der Waals surface area contributed by atoms with Gasteiger partial charge in [-0.15, -0.1) is 0 Å². The molecule has 0 radical (unpaired) electrons. The molecule has 3 N–H and O–H groups in total. The molecule has 2 aliphatic rings. The lowest BCUT2D eigenvalue weighted by Gasteiger charge is -2.33. The first kappa shape index (κ1) is 34.7. The Labute approximate surface area is 280 Å². The zero-order valence-corrected chi connectivity index (χ0v) is 27.6. The molecule has 2 saturated heterocycles. The fourth-order valence-corrected chi connectivity index (χ4v) is 6.74. The van der Waals surface area contributed by atoms with E-state index in [0.29, 0.717) is 24.6 Å². The summed E-state index contributed by atoms with van der Waals surface area (Å²) in [7, 11) is 0. The van der Waals surface area contributed by atoms with Crippen LogP contribution in [-0.2, 0) is 9.59 Å². The molecule has 2 fully saturated rings. The van der Waals surface area contributed by atoms with Crippen molar-refractivity contribution >= 4 is 39.5 Å². The Morgan fingerprint density at radius 2 is 1.52 bits per heavy atom. The van der Waals surface area contributed by atoms with Crippen molar-refractivity contribution < 1.29 is 34.4 Å². The van der Waals surface area contributed by atoms with Gasteiger partial charge in [-0.1, -0.05) is 48.5 Å². The predicted molar refractivity (Wildman–Crippen MR) is 186 cm³/mol. The number of hydrogen-bond acceptors (Lipinski definition) is 6. The van der Waals surface area contributed by atoms with E-state index in [-0.39, 0.29) is 18.6 Å². The molecule has 1 amide bonds. The molecular formula is C38H45N3O7. The van der Waals surface area contributed by atoms with Crippen molar-refractivity contribution in [1.29, 1.82) is 0 Å². The molecule has 0 saturated carbocycles. The number of aliphatic hydroxyl groups is 1. The molecule has 0 unspecified atom stereocenters. The topological polar surface area (TPSA) is 133 Å². The molecule has 48 heavy (non-hydrogen) atoms. The van der Waals surface area contributed by atoms with Crippen LogP contribution in [0.2, 0.25) is 0 Å². The van der Waals surface area contributed by atoms with Crippen LogP contribution in [0.1, 0.15) is 67.5 Å². The van der Waals surface area contributed by atoms with Gasteiger partial charge in [-0.05, 0) is 93.1 Å². The van der Waals surface area contributed by atoms with Gasteiger partial charge in [0.1, 0.15) is 24.2 Å². The molecular weight excluding hydrogens is 610 g/mol. The fourth-order valence-electron chi connectivity index (χ4n) is 6.74. The Kier molecular flexibility index (Phi) is 11.5. The number of hydrogen-bond donors (Lipinski definition) is 3. The van der Waals surface area contributed by atoms with Crippen molar-refractivity contribution in [3.63, 3.8) is 0 Å². The summed E-state index contributed by atoms with van der Waals surface area (Å²) < 4.78 is 8.32. The number of carboxylic acid groups (broad SMARTS) is 2. The molecule has 0 aliphatic carbocycles. The number of benzene rings is 3. The lowest BCUT2D eigenvalue weighted by Crippen LogP contribution is -2.40. The summed E-state index contributed by atoms with van der Waals surface area (Å²) >= 11 is 0. The molecule has 0 bridgehead atoms. The molecule has 6 rings (SSSR count). The van der Waals surface area contributed by atoms with Gasteiger partial charge >= 0.3 is 11.9 Å². The van der Waals surface area contributed by atoms with Crippen molar-refractivity contribution in [2.75, 3.05) is 39.3 Å². The van der Waals surface area contributed by atoms with E-state index >= 15 is 0 Å². The van der Waals surface area contributed by atoms with Gasteiger partial charge in [0, 0.05) is 43.2 Å². The van der Waals surface area contributed by atoms with E-state index in [1.165, 1.54) is 16.3 Å². The highest BCUT2D eigenvalue weighted by molar-refractivity contribution is 6.00. The van der Waals surface area contributed by atoms with E-state index in [2.05, 4.69) is 71.8 Å². The summed E-state index contributed by atoms with van der Waals surface area (Å²) in [6.07, 6.45) is 4.88. The number of nitrogens with zero attached hydrogens (tertiary/aromatic N) is 3. The molecule has 0 spiro atoms. The maximum absolute atomic E-state index is 13.3. The third-order valence-electron chi connectivity index (χ3n) is 9.07. The maximum Gasteiger partial charge on any atom is 0.328 e. The Hall–Kier alpha value is -4.67. The van der Waals surface area contributed by atoms with Crippen LogP contribution < -0.4 is 4.74 Å². The second-order valence-electron chi connectivity index (χ2n) is 12.8.